The zero-order valence-electron chi connectivity index (χ0n) is 19.8. The molecule has 202 valence electrons. The Balaban J connectivity index is 0.00000135. The molecule has 0 amide bonds. The minimum absolute atomic E-state index is 0.282. The van der Waals surface area contributed by atoms with Crippen molar-refractivity contribution in [3.63, 3.8) is 0 Å². The van der Waals surface area contributed by atoms with Gasteiger partial charge in [0, 0.05) is 4.88 Å². The summed E-state index contributed by atoms with van der Waals surface area (Å²) in [5.41, 5.74) is 0. The number of halogens is 6. The molecule has 0 unspecified atom stereocenters. The Morgan fingerprint density at radius 3 is 1.79 bits per heavy atom. The zero-order chi connectivity index (χ0) is 26.6. The number of carbonyl (C=O) groups is 2. The summed E-state index contributed by atoms with van der Waals surface area (Å²) in [5.74, 6) is -0.602. The summed E-state index contributed by atoms with van der Waals surface area (Å²) in [7, 11) is -6.50. The first kappa shape index (κ1) is 33.1. The van der Waals surface area contributed by atoms with E-state index in [1.54, 1.807) is 13.8 Å². The van der Waals surface area contributed by atoms with Gasteiger partial charge in [-0.25, -0.2) is 4.58 Å². The fourth-order valence-electron chi connectivity index (χ4n) is 2.44. The molecule has 5 nitrogen and oxygen atoms in total. The van der Waals surface area contributed by atoms with Crippen LogP contribution < -0.4 is 8.56 Å². The Hall–Kier alpha value is -0.850. The summed E-state index contributed by atoms with van der Waals surface area (Å²) >= 11 is 5.63. The molecule has 0 aromatic carbocycles. The normalized spacial score (nSPS) is 13.4. The van der Waals surface area contributed by atoms with Crippen LogP contribution in [0, 0.1) is 12.8 Å². The van der Waals surface area contributed by atoms with Crippen molar-refractivity contribution < 1.29 is 44.2 Å². The molecule has 34 heavy (non-hydrogen) atoms. The minimum atomic E-state index is -10.7. The molecule has 0 fully saturated rings. The van der Waals surface area contributed by atoms with Gasteiger partial charge < -0.3 is 9.47 Å². The molecule has 0 N–H and O–H groups in total. The zero-order valence-corrected chi connectivity index (χ0v) is 23.1. The summed E-state index contributed by atoms with van der Waals surface area (Å²) in [5, 5.41) is 0. The topological polar surface area (TPSA) is 55.6 Å². The first-order valence-corrected chi connectivity index (χ1v) is 15.1. The molecule has 0 saturated carbocycles. The summed E-state index contributed by atoms with van der Waals surface area (Å²) in [6, 6.07) is 0. The second-order valence-electron chi connectivity index (χ2n) is 7.27. The molecule has 0 aliphatic heterocycles. The summed E-state index contributed by atoms with van der Waals surface area (Å²) in [6.07, 6.45) is 4.57. The number of esters is 2. The van der Waals surface area contributed by atoms with Gasteiger partial charge in [-0.1, -0.05) is 41.9 Å². The van der Waals surface area contributed by atoms with E-state index in [1.807, 2.05) is 34.4 Å². The van der Waals surface area contributed by atoms with Crippen LogP contribution in [0.4, 0.5) is 25.2 Å². The molecule has 1 aromatic rings. The van der Waals surface area contributed by atoms with Gasteiger partial charge >= 0.3 is 48.9 Å². The quantitative estimate of drug-likeness (QED) is 0.0494. The van der Waals surface area contributed by atoms with Crippen LogP contribution >= 0.6 is 42.2 Å². The van der Waals surface area contributed by atoms with Crippen molar-refractivity contribution in [3.05, 3.63) is 8.86 Å². The Morgan fingerprint density at radius 1 is 0.912 bits per heavy atom. The van der Waals surface area contributed by atoms with Crippen molar-refractivity contribution in [2.75, 3.05) is 33.1 Å². The van der Waals surface area contributed by atoms with E-state index in [9.17, 15) is 34.8 Å². The van der Waals surface area contributed by atoms with E-state index in [0.717, 1.165) is 31.4 Å². The molecule has 0 aliphatic carbocycles. The molecule has 1 rings (SSSR count). The van der Waals surface area contributed by atoms with E-state index in [1.165, 1.54) is 13.1 Å². The summed E-state index contributed by atoms with van der Waals surface area (Å²) in [6.45, 7) is 6.24. The molecule has 0 bridgehead atoms. The number of thioether (sulfide) groups is 1. The fourth-order valence-corrected chi connectivity index (χ4v) is 6.42. The van der Waals surface area contributed by atoms with Crippen LogP contribution in [0.5, 0.6) is 0 Å². The van der Waals surface area contributed by atoms with Crippen molar-refractivity contribution in [1.29, 1.82) is 0 Å². The SMILES string of the molecule is CCOC(=O)C(CCCCCCSc1sc(=[N+](C)C)sc1C)C(=O)OCC.F[P-](F)(F)(F)(F)F. The van der Waals surface area contributed by atoms with Gasteiger partial charge in [-0.3, -0.25) is 9.59 Å². The first-order valence-electron chi connectivity index (χ1n) is 10.5. The first-order chi connectivity index (χ1) is 15.3. The molecule has 0 saturated heterocycles. The molecular weight excluding hydrogens is 547 g/mol. The van der Waals surface area contributed by atoms with Gasteiger partial charge in [-0.05, 0) is 39.4 Å². The number of hydrogen-bond acceptors (Lipinski definition) is 7. The van der Waals surface area contributed by atoms with Crippen LogP contribution in [0.3, 0.4) is 0 Å². The van der Waals surface area contributed by atoms with Gasteiger partial charge in [-0.2, -0.15) is 0 Å². The Kier molecular flexibility index (Phi) is 13.1. The number of rotatable bonds is 12. The third kappa shape index (κ3) is 18.5. The van der Waals surface area contributed by atoms with E-state index in [2.05, 4.69) is 25.6 Å². The Bertz CT molecular complexity index is 838. The van der Waals surface area contributed by atoms with Crippen LogP contribution in [-0.2, 0) is 19.1 Å². The number of unbranched alkanes of at least 4 members (excludes halogenated alkanes) is 3. The molecule has 0 radical (unpaired) electrons. The number of hydrogen-bond donors (Lipinski definition) is 0. The summed E-state index contributed by atoms with van der Waals surface area (Å²) in [4.78, 5) is 25.3. The predicted molar refractivity (Wildman–Crippen MR) is 128 cm³/mol. The molecule has 0 spiro atoms. The number of ether oxygens (including phenoxy) is 2. The van der Waals surface area contributed by atoms with Crippen molar-refractivity contribution >= 4 is 54.2 Å². The number of aryl methyl sites for hydroxylation is 1. The van der Waals surface area contributed by atoms with E-state index < -0.39 is 25.7 Å². The maximum atomic E-state index is 11.9. The van der Waals surface area contributed by atoms with Gasteiger partial charge in [0.1, 0.15) is 14.1 Å². The average Bonchev–Trinajstić information content (AvgIpc) is 3.02. The second kappa shape index (κ2) is 13.5. The van der Waals surface area contributed by atoms with Crippen LogP contribution in [0.25, 0.3) is 0 Å². The third-order valence-electron chi connectivity index (χ3n) is 3.84. The van der Waals surface area contributed by atoms with Gasteiger partial charge in [0.15, 0.2) is 5.92 Å². The van der Waals surface area contributed by atoms with Crippen LogP contribution in [-0.4, -0.2) is 45.0 Å². The average molecular weight is 580 g/mol. The molecular formula is C19H32F6NO4PS3. The molecule has 1 aromatic heterocycles. The van der Waals surface area contributed by atoms with Gasteiger partial charge in [-0.15, -0.1) is 11.8 Å². The van der Waals surface area contributed by atoms with E-state index in [-0.39, 0.29) is 13.2 Å². The van der Waals surface area contributed by atoms with Gasteiger partial charge in [0.25, 0.3) is 0 Å². The second-order valence-corrected chi connectivity index (χ2v) is 13.0. The molecule has 15 heteroatoms. The monoisotopic (exact) mass is 579 g/mol. The van der Waals surface area contributed by atoms with Crippen molar-refractivity contribution in [2.45, 2.75) is 57.1 Å². The number of nitrogens with zero attached hydrogens (tertiary/aromatic N) is 1. The van der Waals surface area contributed by atoms with Crippen LogP contribution in [0.2, 0.25) is 0 Å². The van der Waals surface area contributed by atoms with Crippen LogP contribution in [0.15, 0.2) is 4.21 Å². The van der Waals surface area contributed by atoms with Gasteiger partial charge in [0.2, 0.25) is 0 Å². The third-order valence-corrected chi connectivity index (χ3v) is 8.34. The van der Waals surface area contributed by atoms with Crippen molar-refractivity contribution in [2.24, 2.45) is 5.92 Å². The molecule has 0 atom stereocenters. The molecule has 0 aliphatic rings. The van der Waals surface area contributed by atoms with Crippen molar-refractivity contribution in [3.8, 4) is 0 Å². The Morgan fingerprint density at radius 2 is 1.38 bits per heavy atom. The number of carbonyl (C=O) groups excluding carboxylic acids is 2. The van der Waals surface area contributed by atoms with Gasteiger partial charge in [0.05, 0.1) is 17.4 Å². The standard InChI is InChI=1S/C19H32NO4S3.F6P/c1-6-23-16(21)15(17(22)24-7-2)12-10-8-9-11-13-25-18-14(3)26-19(27-18)20(4)5;1-7(2,3,4,5)6/h15H,6-13H2,1-5H3;/q+1;-1. The fraction of sp³-hybridized carbons (Fsp3) is 0.737. The maximum absolute atomic E-state index is 11.9. The predicted octanol–water partition coefficient (Wildman–Crippen LogP) is 7.32. The van der Waals surface area contributed by atoms with Crippen molar-refractivity contribution in [1.82, 2.24) is 4.58 Å². The van der Waals surface area contributed by atoms with E-state index >= 15 is 0 Å². The molecule has 1 heterocycles. The van der Waals surface area contributed by atoms with Crippen LogP contribution in [0.1, 0.15) is 50.8 Å². The van der Waals surface area contributed by atoms with E-state index in [4.69, 9.17) is 9.47 Å². The van der Waals surface area contributed by atoms with E-state index in [0.29, 0.717) is 6.42 Å². The Labute approximate surface area is 207 Å². The summed E-state index contributed by atoms with van der Waals surface area (Å²) < 4.78 is 74.1.